The Hall–Kier alpha value is -2.41. The lowest BCUT2D eigenvalue weighted by Gasteiger charge is -2.04. The van der Waals surface area contributed by atoms with E-state index in [-0.39, 0.29) is 5.78 Å². The van der Waals surface area contributed by atoms with Gasteiger partial charge in [-0.3, -0.25) is 4.79 Å². The van der Waals surface area contributed by atoms with Crippen molar-refractivity contribution in [1.29, 1.82) is 0 Å². The van der Waals surface area contributed by atoms with E-state index in [1.54, 1.807) is 0 Å². The van der Waals surface area contributed by atoms with E-state index in [4.69, 9.17) is 0 Å². The van der Waals surface area contributed by atoms with Crippen molar-refractivity contribution < 1.29 is 4.79 Å². The smallest absolute Gasteiger partial charge is 0.162 e. The molecule has 0 amide bonds. The second-order valence-electron chi connectivity index (χ2n) is 5.68. The Bertz CT molecular complexity index is 759. The molecule has 0 saturated heterocycles. The molecule has 3 aromatic rings. The first-order valence-corrected chi connectivity index (χ1v) is 7.89. The number of benzene rings is 3. The molecule has 0 aliphatic heterocycles. The number of carbonyl (C=O) groups is 1. The first kappa shape index (κ1) is 14.5. The third-order valence-electron chi connectivity index (χ3n) is 4.03. The highest BCUT2D eigenvalue weighted by molar-refractivity contribution is 5.99. The van der Waals surface area contributed by atoms with Gasteiger partial charge in [0.1, 0.15) is 0 Å². The molecule has 110 valence electrons. The lowest BCUT2D eigenvalue weighted by atomic mass is 10.00. The van der Waals surface area contributed by atoms with Gasteiger partial charge >= 0.3 is 0 Å². The largest absolute Gasteiger partial charge is 0.294 e. The molecule has 3 aromatic carbocycles. The van der Waals surface area contributed by atoms with Crippen molar-refractivity contribution in [1.82, 2.24) is 0 Å². The Kier molecular flexibility index (Phi) is 4.65. The summed E-state index contributed by atoms with van der Waals surface area (Å²) in [6, 6.07) is 24.6. The van der Waals surface area contributed by atoms with Crippen molar-refractivity contribution in [2.45, 2.75) is 25.7 Å². The molecule has 22 heavy (non-hydrogen) atoms. The zero-order valence-electron chi connectivity index (χ0n) is 12.7. The third-order valence-corrected chi connectivity index (χ3v) is 4.03. The first-order valence-electron chi connectivity index (χ1n) is 7.89. The summed E-state index contributed by atoms with van der Waals surface area (Å²) in [6.07, 6.45) is 3.68. The number of aryl methyl sites for hydroxylation is 1. The van der Waals surface area contributed by atoms with Gasteiger partial charge in [0.15, 0.2) is 5.78 Å². The zero-order valence-corrected chi connectivity index (χ0v) is 12.7. The van der Waals surface area contributed by atoms with Gasteiger partial charge < -0.3 is 0 Å². The minimum Gasteiger partial charge on any atom is -0.294 e. The molecule has 0 heterocycles. The highest BCUT2D eigenvalue weighted by Crippen LogP contribution is 2.17. The minimum atomic E-state index is 0.249. The normalized spacial score (nSPS) is 10.7. The van der Waals surface area contributed by atoms with Crippen LogP contribution in [0.3, 0.4) is 0 Å². The molecule has 0 spiro atoms. The van der Waals surface area contributed by atoms with Crippen LogP contribution in [0.4, 0.5) is 0 Å². The lowest BCUT2D eigenvalue weighted by molar-refractivity contribution is 0.0979. The summed E-state index contributed by atoms with van der Waals surface area (Å²) in [5, 5.41) is 2.32. The van der Waals surface area contributed by atoms with Crippen molar-refractivity contribution in [2.24, 2.45) is 0 Å². The van der Waals surface area contributed by atoms with Gasteiger partial charge in [-0.05, 0) is 41.7 Å². The summed E-state index contributed by atoms with van der Waals surface area (Å²) in [6.45, 7) is 0. The Labute approximate surface area is 131 Å². The molecular weight excluding hydrogens is 268 g/mol. The molecule has 1 heteroatoms. The quantitative estimate of drug-likeness (QED) is 0.436. The van der Waals surface area contributed by atoms with Crippen LogP contribution in [0.15, 0.2) is 72.8 Å². The van der Waals surface area contributed by atoms with E-state index in [1.165, 1.54) is 10.9 Å². The molecule has 0 saturated carbocycles. The lowest BCUT2D eigenvalue weighted by Crippen LogP contribution is -1.99. The SMILES string of the molecule is O=C(CCCCc1ccccc1)c1ccc2ccccc2c1. The van der Waals surface area contributed by atoms with Gasteiger partial charge in [-0.25, -0.2) is 0 Å². The average Bonchev–Trinajstić information content (AvgIpc) is 2.59. The van der Waals surface area contributed by atoms with E-state index in [1.807, 2.05) is 36.4 Å². The molecule has 0 fully saturated rings. The van der Waals surface area contributed by atoms with Crippen LogP contribution in [0.5, 0.6) is 0 Å². The van der Waals surface area contributed by atoms with Crippen molar-refractivity contribution in [3.8, 4) is 0 Å². The molecule has 1 nitrogen and oxygen atoms in total. The topological polar surface area (TPSA) is 17.1 Å². The van der Waals surface area contributed by atoms with Crippen LogP contribution >= 0.6 is 0 Å². The molecule has 0 N–H and O–H groups in total. The monoisotopic (exact) mass is 288 g/mol. The van der Waals surface area contributed by atoms with E-state index < -0.39 is 0 Å². The highest BCUT2D eigenvalue weighted by atomic mass is 16.1. The van der Waals surface area contributed by atoms with Gasteiger partial charge in [0.2, 0.25) is 0 Å². The van der Waals surface area contributed by atoms with Crippen LogP contribution in [0.1, 0.15) is 35.2 Å². The summed E-state index contributed by atoms with van der Waals surface area (Å²) in [4.78, 5) is 12.3. The van der Waals surface area contributed by atoms with Crippen LogP contribution in [-0.2, 0) is 6.42 Å². The number of rotatable bonds is 6. The van der Waals surface area contributed by atoms with Crippen LogP contribution in [0, 0.1) is 0 Å². The molecule has 0 unspecified atom stereocenters. The van der Waals surface area contributed by atoms with Gasteiger partial charge in [-0.2, -0.15) is 0 Å². The van der Waals surface area contributed by atoms with Crippen molar-refractivity contribution >= 4 is 16.6 Å². The van der Waals surface area contributed by atoms with Crippen LogP contribution in [0.25, 0.3) is 10.8 Å². The number of ketones is 1. The number of Topliss-reactive ketones (excluding diaryl/α,β-unsaturated/α-hetero) is 1. The van der Waals surface area contributed by atoms with E-state index >= 15 is 0 Å². The van der Waals surface area contributed by atoms with E-state index in [0.29, 0.717) is 6.42 Å². The minimum absolute atomic E-state index is 0.249. The molecule has 0 aliphatic carbocycles. The Balaban J connectivity index is 1.54. The van der Waals surface area contributed by atoms with Gasteiger partial charge in [0.25, 0.3) is 0 Å². The summed E-state index contributed by atoms with van der Waals surface area (Å²) in [5.41, 5.74) is 2.18. The number of hydrogen-bond donors (Lipinski definition) is 0. The van der Waals surface area contributed by atoms with Crippen molar-refractivity contribution in [3.63, 3.8) is 0 Å². The predicted octanol–water partition coefficient (Wildman–Crippen LogP) is 5.44. The fourth-order valence-electron chi connectivity index (χ4n) is 2.77. The summed E-state index contributed by atoms with van der Waals surface area (Å²) in [5.74, 6) is 0.249. The number of unbranched alkanes of at least 4 members (excludes halogenated alkanes) is 1. The van der Waals surface area contributed by atoms with E-state index in [2.05, 4.69) is 36.4 Å². The molecule has 0 aliphatic rings. The second kappa shape index (κ2) is 7.04. The van der Waals surface area contributed by atoms with Crippen LogP contribution in [-0.4, -0.2) is 5.78 Å². The van der Waals surface area contributed by atoms with Crippen molar-refractivity contribution in [3.05, 3.63) is 83.9 Å². The van der Waals surface area contributed by atoms with Gasteiger partial charge in [-0.15, -0.1) is 0 Å². The van der Waals surface area contributed by atoms with Gasteiger partial charge in [0.05, 0.1) is 0 Å². The summed E-state index contributed by atoms with van der Waals surface area (Å²) in [7, 11) is 0. The summed E-state index contributed by atoms with van der Waals surface area (Å²) < 4.78 is 0. The molecular formula is C21H20O. The van der Waals surface area contributed by atoms with E-state index in [0.717, 1.165) is 30.2 Å². The molecule has 0 aromatic heterocycles. The maximum Gasteiger partial charge on any atom is 0.162 e. The fourth-order valence-corrected chi connectivity index (χ4v) is 2.77. The Morgan fingerprint density at radius 3 is 2.27 bits per heavy atom. The average molecular weight is 288 g/mol. The highest BCUT2D eigenvalue weighted by Gasteiger charge is 2.06. The van der Waals surface area contributed by atoms with Gasteiger partial charge in [0, 0.05) is 12.0 Å². The van der Waals surface area contributed by atoms with E-state index in [9.17, 15) is 4.79 Å². The number of carbonyl (C=O) groups excluding carboxylic acids is 1. The Morgan fingerprint density at radius 2 is 1.45 bits per heavy atom. The fraction of sp³-hybridized carbons (Fsp3) is 0.190. The zero-order chi connectivity index (χ0) is 15.2. The molecule has 0 bridgehead atoms. The third kappa shape index (κ3) is 3.62. The molecule has 0 atom stereocenters. The number of hydrogen-bond acceptors (Lipinski definition) is 1. The first-order chi connectivity index (χ1) is 10.8. The number of fused-ring (bicyclic) bond motifs is 1. The van der Waals surface area contributed by atoms with Crippen LogP contribution in [0.2, 0.25) is 0 Å². The second-order valence-corrected chi connectivity index (χ2v) is 5.68. The van der Waals surface area contributed by atoms with Crippen LogP contribution < -0.4 is 0 Å². The summed E-state index contributed by atoms with van der Waals surface area (Å²) >= 11 is 0. The predicted molar refractivity (Wildman–Crippen MR) is 92.3 cm³/mol. The molecule has 3 rings (SSSR count). The molecule has 0 radical (unpaired) electrons. The standard InChI is InChI=1S/C21H20O/c22-21(13-7-4-10-17-8-2-1-3-9-17)20-15-14-18-11-5-6-12-19(18)16-20/h1-3,5-6,8-9,11-12,14-16H,4,7,10,13H2. The maximum atomic E-state index is 12.3. The van der Waals surface area contributed by atoms with Crippen molar-refractivity contribution in [2.75, 3.05) is 0 Å². The van der Waals surface area contributed by atoms with Gasteiger partial charge in [-0.1, -0.05) is 66.7 Å². The maximum absolute atomic E-state index is 12.3. The Morgan fingerprint density at radius 1 is 0.727 bits per heavy atom.